The predicted molar refractivity (Wildman–Crippen MR) is 236 cm³/mol. The van der Waals surface area contributed by atoms with Gasteiger partial charge in [-0.05, 0) is 107 Å². The molecule has 0 bridgehead atoms. The molecule has 0 saturated carbocycles. The summed E-state index contributed by atoms with van der Waals surface area (Å²) in [6.07, 6.45) is 0. The molecular formula is C50H44N2O8. The quantitative estimate of drug-likeness (QED) is 0.0989. The molecule has 0 saturated heterocycles. The summed E-state index contributed by atoms with van der Waals surface area (Å²) in [4.78, 5) is 32.4. The first kappa shape index (κ1) is 40.5. The van der Waals surface area contributed by atoms with Gasteiger partial charge in [-0.15, -0.1) is 0 Å². The highest BCUT2D eigenvalue weighted by molar-refractivity contribution is 6.07. The largest absolute Gasteiger partial charge is 0.497 e. The van der Waals surface area contributed by atoms with Gasteiger partial charge in [-0.2, -0.15) is 0 Å². The van der Waals surface area contributed by atoms with Crippen LogP contribution >= 0.6 is 0 Å². The van der Waals surface area contributed by atoms with Gasteiger partial charge >= 0.3 is 11.9 Å². The molecule has 10 heteroatoms. The van der Waals surface area contributed by atoms with Crippen LogP contribution in [0.1, 0.15) is 20.7 Å². The second-order valence-electron chi connectivity index (χ2n) is 13.4. The number of carbonyl (C=O) groups is 2. The normalized spacial score (nSPS) is 10.6. The van der Waals surface area contributed by atoms with Crippen molar-refractivity contribution in [3.05, 3.63) is 169 Å². The monoisotopic (exact) mass is 800 g/mol. The van der Waals surface area contributed by atoms with Crippen LogP contribution in [-0.2, 0) is 9.47 Å². The third kappa shape index (κ3) is 8.17. The van der Waals surface area contributed by atoms with Crippen molar-refractivity contribution in [2.24, 2.45) is 0 Å². The standard InChI is InChI=1S/C50H44N2O8/c1-55-39-23-19-37(20-24-39)51(45-29-35(17-27-47(45)57-3)33-13-9-7-10-14-33)43-31-42(50(54)60-6)44(32-41(43)49(53)59-5)52(38-21-25-40(56-2)26-22-38)46-30-36(18-28-48(46)58-4)34-15-11-8-12-16-34/h7-32H,1-6H3. The second-order valence-corrected chi connectivity index (χ2v) is 13.4. The van der Waals surface area contributed by atoms with Crippen molar-refractivity contribution in [2.75, 3.05) is 52.5 Å². The summed E-state index contributed by atoms with van der Waals surface area (Å²) >= 11 is 0. The molecule has 302 valence electrons. The van der Waals surface area contributed by atoms with Crippen molar-refractivity contribution in [3.63, 3.8) is 0 Å². The lowest BCUT2D eigenvalue weighted by Gasteiger charge is -2.32. The first-order chi connectivity index (χ1) is 29.3. The Kier molecular flexibility index (Phi) is 12.3. The molecular weight excluding hydrogens is 757 g/mol. The summed E-state index contributed by atoms with van der Waals surface area (Å²) in [5, 5.41) is 0. The maximum Gasteiger partial charge on any atom is 0.340 e. The number of hydrogen-bond donors (Lipinski definition) is 0. The van der Waals surface area contributed by atoms with E-state index in [4.69, 9.17) is 28.4 Å². The molecule has 0 aromatic heterocycles. The average molecular weight is 801 g/mol. The maximum absolute atomic E-state index is 14.3. The van der Waals surface area contributed by atoms with Crippen molar-refractivity contribution in [1.82, 2.24) is 0 Å². The van der Waals surface area contributed by atoms with Gasteiger partial charge in [0.25, 0.3) is 0 Å². The Morgan fingerprint density at radius 1 is 0.367 bits per heavy atom. The van der Waals surface area contributed by atoms with Crippen molar-refractivity contribution in [3.8, 4) is 45.3 Å². The van der Waals surface area contributed by atoms with E-state index in [1.807, 2.05) is 155 Å². The van der Waals surface area contributed by atoms with Gasteiger partial charge < -0.3 is 38.2 Å². The summed E-state index contributed by atoms with van der Waals surface area (Å²) in [6.45, 7) is 0. The Hall–Kier alpha value is -7.72. The SMILES string of the molecule is COC(=O)c1cc(N(c2ccc(OC)cc2)c2cc(-c3ccccc3)ccc2OC)c(C(=O)OC)cc1N(c1ccc(OC)cc1)c1cc(-c2ccccc2)ccc1OC. The summed E-state index contributed by atoms with van der Waals surface area (Å²) in [7, 11) is 9.00. The van der Waals surface area contributed by atoms with Crippen LogP contribution in [0, 0.1) is 0 Å². The molecule has 0 heterocycles. The fourth-order valence-electron chi connectivity index (χ4n) is 7.12. The minimum absolute atomic E-state index is 0.139. The highest BCUT2D eigenvalue weighted by Crippen LogP contribution is 2.49. The van der Waals surface area contributed by atoms with Crippen molar-refractivity contribution in [1.29, 1.82) is 0 Å². The smallest absolute Gasteiger partial charge is 0.340 e. The van der Waals surface area contributed by atoms with E-state index < -0.39 is 11.9 Å². The van der Waals surface area contributed by atoms with Gasteiger partial charge in [-0.3, -0.25) is 0 Å². The molecule has 60 heavy (non-hydrogen) atoms. The van der Waals surface area contributed by atoms with Crippen LogP contribution in [0.2, 0.25) is 0 Å². The zero-order valence-corrected chi connectivity index (χ0v) is 34.2. The van der Waals surface area contributed by atoms with E-state index in [1.165, 1.54) is 14.2 Å². The molecule has 7 aromatic carbocycles. The van der Waals surface area contributed by atoms with Crippen molar-refractivity contribution < 1.29 is 38.0 Å². The van der Waals surface area contributed by atoms with E-state index in [2.05, 4.69) is 0 Å². The van der Waals surface area contributed by atoms with Crippen LogP contribution < -0.4 is 28.7 Å². The zero-order chi connectivity index (χ0) is 42.2. The van der Waals surface area contributed by atoms with E-state index in [0.29, 0.717) is 57.1 Å². The summed E-state index contributed by atoms with van der Waals surface area (Å²) in [6, 6.07) is 49.5. The minimum atomic E-state index is -0.654. The number of nitrogens with zero attached hydrogens (tertiary/aromatic N) is 2. The molecule has 0 aliphatic rings. The average Bonchev–Trinajstić information content (AvgIpc) is 3.32. The molecule has 7 rings (SSSR count). The van der Waals surface area contributed by atoms with E-state index in [9.17, 15) is 9.59 Å². The van der Waals surface area contributed by atoms with E-state index in [0.717, 1.165) is 22.3 Å². The zero-order valence-electron chi connectivity index (χ0n) is 34.2. The van der Waals surface area contributed by atoms with Gasteiger partial charge in [0.2, 0.25) is 0 Å². The Balaban J connectivity index is 1.57. The topological polar surface area (TPSA) is 96.0 Å². The molecule has 0 aliphatic heterocycles. The van der Waals surface area contributed by atoms with Gasteiger partial charge in [0, 0.05) is 11.4 Å². The van der Waals surface area contributed by atoms with Gasteiger partial charge in [-0.25, -0.2) is 9.59 Å². The molecule has 0 fully saturated rings. The number of ether oxygens (including phenoxy) is 6. The van der Waals surface area contributed by atoms with Crippen LogP contribution in [0.3, 0.4) is 0 Å². The van der Waals surface area contributed by atoms with Gasteiger partial charge in [-0.1, -0.05) is 72.8 Å². The molecule has 0 spiro atoms. The van der Waals surface area contributed by atoms with Crippen molar-refractivity contribution >= 4 is 46.1 Å². The lowest BCUT2D eigenvalue weighted by molar-refractivity contribution is 0.0588. The fourth-order valence-corrected chi connectivity index (χ4v) is 7.12. The third-order valence-corrected chi connectivity index (χ3v) is 10.1. The number of rotatable bonds is 14. The molecule has 0 aliphatic carbocycles. The van der Waals surface area contributed by atoms with Crippen LogP contribution in [0.4, 0.5) is 34.1 Å². The summed E-state index contributed by atoms with van der Waals surface area (Å²) in [5.41, 5.74) is 7.08. The number of carbonyl (C=O) groups excluding carboxylic acids is 2. The van der Waals surface area contributed by atoms with Crippen LogP contribution in [0.5, 0.6) is 23.0 Å². The number of benzene rings is 7. The van der Waals surface area contributed by atoms with Crippen molar-refractivity contribution in [2.45, 2.75) is 0 Å². The summed E-state index contributed by atoms with van der Waals surface area (Å²) in [5.74, 6) is 0.964. The Morgan fingerprint density at radius 2 is 0.733 bits per heavy atom. The lowest BCUT2D eigenvalue weighted by atomic mass is 9.99. The Bertz CT molecular complexity index is 2410. The summed E-state index contributed by atoms with van der Waals surface area (Å²) < 4.78 is 34.1. The van der Waals surface area contributed by atoms with Gasteiger partial charge in [0.1, 0.15) is 23.0 Å². The molecule has 0 amide bonds. The van der Waals surface area contributed by atoms with Crippen LogP contribution in [-0.4, -0.2) is 54.6 Å². The number of anilines is 6. The first-order valence-corrected chi connectivity index (χ1v) is 19.0. The number of hydrogen-bond acceptors (Lipinski definition) is 10. The minimum Gasteiger partial charge on any atom is -0.497 e. The highest BCUT2D eigenvalue weighted by Gasteiger charge is 2.31. The van der Waals surface area contributed by atoms with Gasteiger partial charge in [0.15, 0.2) is 0 Å². The molecule has 7 aromatic rings. The Labute approximate surface area is 349 Å². The highest BCUT2D eigenvalue weighted by atomic mass is 16.5. The molecule has 0 N–H and O–H groups in total. The molecule has 0 radical (unpaired) electrons. The van der Waals surface area contributed by atoms with E-state index in [1.54, 1.807) is 40.6 Å². The predicted octanol–water partition coefficient (Wildman–Crippen LogP) is 11.6. The third-order valence-electron chi connectivity index (χ3n) is 10.1. The molecule has 0 unspecified atom stereocenters. The second kappa shape index (κ2) is 18.3. The van der Waals surface area contributed by atoms with E-state index >= 15 is 0 Å². The Morgan fingerprint density at radius 3 is 1.05 bits per heavy atom. The van der Waals surface area contributed by atoms with Gasteiger partial charge in [0.05, 0.1) is 76.5 Å². The van der Waals surface area contributed by atoms with Crippen LogP contribution in [0.25, 0.3) is 22.3 Å². The fraction of sp³-hybridized carbons (Fsp3) is 0.120. The number of methoxy groups -OCH3 is 6. The first-order valence-electron chi connectivity index (χ1n) is 19.0. The molecule has 0 atom stereocenters. The maximum atomic E-state index is 14.3. The van der Waals surface area contributed by atoms with E-state index in [-0.39, 0.29) is 11.1 Å². The lowest BCUT2D eigenvalue weighted by Crippen LogP contribution is -2.21. The number of esters is 2. The molecule has 10 nitrogen and oxygen atoms in total. The van der Waals surface area contributed by atoms with Crippen LogP contribution in [0.15, 0.2) is 158 Å².